The number of aldehydes is 1. The fourth-order valence-electron chi connectivity index (χ4n) is 2.04. The van der Waals surface area contributed by atoms with Crippen LogP contribution >= 0.6 is 0 Å². The molecular formula is C17H36O4Si2. The van der Waals surface area contributed by atoms with Gasteiger partial charge in [0.05, 0.1) is 12.7 Å². The molecule has 1 heterocycles. The van der Waals surface area contributed by atoms with Crippen LogP contribution in [0.1, 0.15) is 41.5 Å². The molecule has 6 heteroatoms. The number of hydrogen-bond donors (Lipinski definition) is 0. The van der Waals surface area contributed by atoms with Crippen molar-refractivity contribution >= 4 is 22.9 Å². The Kier molecular flexibility index (Phi) is 6.13. The molecule has 1 aliphatic rings. The Bertz CT molecular complexity index is 421. The molecular weight excluding hydrogens is 324 g/mol. The topological polar surface area (TPSA) is 44.8 Å². The van der Waals surface area contributed by atoms with Crippen molar-refractivity contribution in [1.82, 2.24) is 0 Å². The lowest BCUT2D eigenvalue weighted by atomic mass is 10.2. The van der Waals surface area contributed by atoms with Crippen LogP contribution in [-0.4, -0.2) is 47.8 Å². The molecule has 1 rings (SSSR count). The van der Waals surface area contributed by atoms with Crippen molar-refractivity contribution in [2.45, 2.75) is 96.1 Å². The molecule has 0 N–H and O–H groups in total. The van der Waals surface area contributed by atoms with Crippen molar-refractivity contribution in [3.05, 3.63) is 0 Å². The Balaban J connectivity index is 2.98. The summed E-state index contributed by atoms with van der Waals surface area (Å²) in [7, 11) is -3.93. The average Bonchev–Trinajstić information content (AvgIpc) is 2.67. The number of hydrogen-bond acceptors (Lipinski definition) is 4. The molecule has 1 fully saturated rings. The Morgan fingerprint density at radius 1 is 0.913 bits per heavy atom. The molecule has 0 aromatic carbocycles. The van der Waals surface area contributed by atoms with Gasteiger partial charge in [-0.15, -0.1) is 0 Å². The fraction of sp³-hybridized carbons (Fsp3) is 0.941. The van der Waals surface area contributed by atoms with Gasteiger partial charge in [-0.2, -0.15) is 0 Å². The fourth-order valence-corrected chi connectivity index (χ4v) is 4.67. The van der Waals surface area contributed by atoms with Crippen LogP contribution in [0.4, 0.5) is 0 Å². The molecule has 0 unspecified atom stereocenters. The van der Waals surface area contributed by atoms with Gasteiger partial charge >= 0.3 is 0 Å². The second-order valence-corrected chi connectivity index (χ2v) is 19.2. The van der Waals surface area contributed by atoms with Gasteiger partial charge in [0, 0.05) is 0 Å². The molecule has 0 bridgehead atoms. The van der Waals surface area contributed by atoms with E-state index in [0.29, 0.717) is 6.61 Å². The largest absolute Gasteiger partial charge is 0.409 e. The van der Waals surface area contributed by atoms with Gasteiger partial charge in [-0.25, -0.2) is 0 Å². The lowest BCUT2D eigenvalue weighted by molar-refractivity contribution is -0.118. The third-order valence-electron chi connectivity index (χ3n) is 5.77. The van der Waals surface area contributed by atoms with Crippen LogP contribution in [0, 0.1) is 0 Å². The summed E-state index contributed by atoms with van der Waals surface area (Å²) in [4.78, 5) is 11.4. The zero-order valence-electron chi connectivity index (χ0n) is 16.6. The zero-order chi connectivity index (χ0) is 18.3. The first-order valence-electron chi connectivity index (χ1n) is 8.55. The van der Waals surface area contributed by atoms with Gasteiger partial charge in [-0.05, 0) is 36.3 Å². The molecule has 1 saturated heterocycles. The van der Waals surface area contributed by atoms with Crippen LogP contribution in [0.25, 0.3) is 0 Å². The van der Waals surface area contributed by atoms with Gasteiger partial charge in [0.2, 0.25) is 0 Å². The van der Waals surface area contributed by atoms with E-state index in [4.69, 9.17) is 13.6 Å². The molecule has 0 saturated carbocycles. The van der Waals surface area contributed by atoms with Gasteiger partial charge in [0.25, 0.3) is 0 Å². The summed E-state index contributed by atoms with van der Waals surface area (Å²) in [6.45, 7) is 22.6. The summed E-state index contributed by atoms with van der Waals surface area (Å²) in [5, 5.41) is 0.207. The molecule has 0 radical (unpaired) electrons. The van der Waals surface area contributed by atoms with E-state index < -0.39 is 22.7 Å². The molecule has 3 atom stereocenters. The summed E-state index contributed by atoms with van der Waals surface area (Å²) < 4.78 is 18.7. The summed E-state index contributed by atoms with van der Waals surface area (Å²) >= 11 is 0. The number of carbonyl (C=O) groups excluding carboxylic acids is 1. The second kappa shape index (κ2) is 6.71. The van der Waals surface area contributed by atoms with Crippen LogP contribution in [0.2, 0.25) is 36.3 Å². The monoisotopic (exact) mass is 360 g/mol. The maximum atomic E-state index is 11.4. The van der Waals surface area contributed by atoms with Gasteiger partial charge in [-0.1, -0.05) is 41.5 Å². The molecule has 0 aliphatic carbocycles. The van der Waals surface area contributed by atoms with Crippen molar-refractivity contribution in [3.63, 3.8) is 0 Å². The first-order chi connectivity index (χ1) is 10.1. The van der Waals surface area contributed by atoms with E-state index >= 15 is 0 Å². The smallest absolute Gasteiger partial charge is 0.192 e. The van der Waals surface area contributed by atoms with E-state index in [-0.39, 0.29) is 22.3 Å². The highest BCUT2D eigenvalue weighted by Crippen LogP contribution is 2.42. The van der Waals surface area contributed by atoms with Crippen LogP contribution in [0.15, 0.2) is 0 Å². The van der Waals surface area contributed by atoms with E-state index in [1.54, 1.807) is 0 Å². The standard InChI is InChI=1S/C17H36O4Si2/c1-16(2,3)22(7,8)20-14-12-19-13(11-18)15(14)21-23(9,10)17(4,5)6/h11,13-15H,12H2,1-10H3/t13-,14+,15+/m0/s1. The minimum absolute atomic E-state index is 0.0878. The highest BCUT2D eigenvalue weighted by Gasteiger charge is 2.49. The number of rotatable bonds is 5. The Hall–Kier alpha value is -0.0162. The van der Waals surface area contributed by atoms with Crippen LogP contribution in [0.3, 0.4) is 0 Å². The molecule has 0 aromatic rings. The summed E-state index contributed by atoms with van der Waals surface area (Å²) in [6.07, 6.45) is -0.0890. The average molecular weight is 361 g/mol. The van der Waals surface area contributed by atoms with Crippen LogP contribution < -0.4 is 0 Å². The summed E-state index contributed by atoms with van der Waals surface area (Å²) in [6, 6.07) is 0. The predicted molar refractivity (Wildman–Crippen MR) is 99.9 cm³/mol. The third-order valence-corrected chi connectivity index (χ3v) is 14.7. The zero-order valence-corrected chi connectivity index (χ0v) is 18.6. The van der Waals surface area contributed by atoms with Crippen molar-refractivity contribution in [2.75, 3.05) is 6.61 Å². The minimum atomic E-state index is -1.99. The lowest BCUT2D eigenvalue weighted by Gasteiger charge is -2.43. The predicted octanol–water partition coefficient (Wildman–Crippen LogP) is 4.36. The van der Waals surface area contributed by atoms with E-state index in [1.165, 1.54) is 0 Å². The van der Waals surface area contributed by atoms with Gasteiger partial charge in [0.15, 0.2) is 22.9 Å². The first kappa shape index (κ1) is 21.0. The highest BCUT2D eigenvalue weighted by atomic mass is 28.4. The molecule has 4 nitrogen and oxygen atoms in total. The van der Waals surface area contributed by atoms with E-state index in [1.807, 2.05) is 0 Å². The molecule has 0 aromatic heterocycles. The van der Waals surface area contributed by atoms with Crippen LogP contribution in [-0.2, 0) is 18.4 Å². The Morgan fingerprint density at radius 3 is 1.74 bits per heavy atom. The molecule has 1 aliphatic heterocycles. The highest BCUT2D eigenvalue weighted by molar-refractivity contribution is 6.74. The lowest BCUT2D eigenvalue weighted by Crippen LogP contribution is -2.53. The maximum Gasteiger partial charge on any atom is 0.192 e. The summed E-state index contributed by atoms with van der Waals surface area (Å²) in [5.74, 6) is 0. The van der Waals surface area contributed by atoms with Crippen LogP contribution in [0.5, 0.6) is 0 Å². The third kappa shape index (κ3) is 4.75. The number of ether oxygens (including phenoxy) is 1. The molecule has 136 valence electrons. The van der Waals surface area contributed by atoms with Crippen molar-refractivity contribution in [2.24, 2.45) is 0 Å². The van der Waals surface area contributed by atoms with Gasteiger partial charge in [0.1, 0.15) is 12.2 Å². The van der Waals surface area contributed by atoms with Crippen molar-refractivity contribution < 1.29 is 18.4 Å². The Morgan fingerprint density at radius 2 is 1.35 bits per heavy atom. The number of carbonyl (C=O) groups is 1. The minimum Gasteiger partial charge on any atom is -0.409 e. The van der Waals surface area contributed by atoms with Crippen molar-refractivity contribution in [3.8, 4) is 0 Å². The SMILES string of the molecule is CC(C)(C)[Si](C)(C)O[C@@H]1[C@H](C=O)OC[C@H]1O[Si](C)(C)C(C)(C)C. The second-order valence-electron chi connectivity index (χ2n) is 9.69. The van der Waals surface area contributed by atoms with E-state index in [9.17, 15) is 4.79 Å². The molecule has 23 heavy (non-hydrogen) atoms. The van der Waals surface area contributed by atoms with Gasteiger partial charge in [-0.3, -0.25) is 0 Å². The first-order valence-corrected chi connectivity index (χ1v) is 14.4. The summed E-state index contributed by atoms with van der Waals surface area (Å²) in [5.41, 5.74) is 0. The van der Waals surface area contributed by atoms with E-state index in [2.05, 4.69) is 67.7 Å². The maximum absolute atomic E-state index is 11.4. The van der Waals surface area contributed by atoms with E-state index in [0.717, 1.165) is 6.29 Å². The van der Waals surface area contributed by atoms with Gasteiger partial charge < -0.3 is 18.4 Å². The quantitative estimate of drug-likeness (QED) is 0.539. The molecule has 0 amide bonds. The normalized spacial score (nSPS) is 27.3. The Labute approximate surface area is 144 Å². The molecule has 0 spiro atoms. The van der Waals surface area contributed by atoms with Crippen molar-refractivity contribution in [1.29, 1.82) is 0 Å².